The van der Waals surface area contributed by atoms with Crippen LogP contribution in [-0.2, 0) is 9.59 Å². The molecule has 1 fully saturated rings. The molecule has 1 aromatic carbocycles. The highest BCUT2D eigenvalue weighted by atomic mass is 16.5. The molecule has 2 amide bonds. The van der Waals surface area contributed by atoms with Gasteiger partial charge in [-0.3, -0.25) is 9.59 Å². The molecule has 5 heteroatoms. The van der Waals surface area contributed by atoms with Crippen LogP contribution in [0.3, 0.4) is 0 Å². The van der Waals surface area contributed by atoms with Gasteiger partial charge in [-0.15, -0.1) is 0 Å². The van der Waals surface area contributed by atoms with E-state index in [4.69, 9.17) is 4.74 Å². The summed E-state index contributed by atoms with van der Waals surface area (Å²) in [6.45, 7) is 6.57. The van der Waals surface area contributed by atoms with E-state index in [1.54, 1.807) is 12.0 Å². The van der Waals surface area contributed by atoms with Crippen molar-refractivity contribution in [3.63, 3.8) is 0 Å². The van der Waals surface area contributed by atoms with E-state index in [0.29, 0.717) is 25.1 Å². The van der Waals surface area contributed by atoms with E-state index in [-0.39, 0.29) is 23.3 Å². The lowest BCUT2D eigenvalue weighted by Crippen LogP contribution is -2.38. The van der Waals surface area contributed by atoms with Crippen LogP contribution in [0.5, 0.6) is 5.75 Å². The number of carbonyl (C=O) groups is 2. The number of amides is 2. The average molecular weight is 304 g/mol. The molecule has 0 aromatic heterocycles. The SMILES string of the molecule is COc1cccc(N2CC(NC(=O)CC(C)(C)C)CC2=O)c1. The van der Waals surface area contributed by atoms with Crippen LogP contribution in [-0.4, -0.2) is 31.5 Å². The number of carbonyl (C=O) groups excluding carboxylic acids is 2. The summed E-state index contributed by atoms with van der Waals surface area (Å²) >= 11 is 0. The van der Waals surface area contributed by atoms with E-state index < -0.39 is 0 Å². The lowest BCUT2D eigenvalue weighted by Gasteiger charge is -2.20. The number of ether oxygens (including phenoxy) is 1. The minimum absolute atomic E-state index is 0.00204. The van der Waals surface area contributed by atoms with E-state index >= 15 is 0 Å². The second-order valence-electron chi connectivity index (χ2n) is 6.91. The monoisotopic (exact) mass is 304 g/mol. The first-order valence-electron chi connectivity index (χ1n) is 7.52. The van der Waals surface area contributed by atoms with Crippen LogP contribution in [0.2, 0.25) is 0 Å². The standard InChI is InChI=1S/C17H24N2O3/c1-17(2,3)10-15(20)18-12-8-16(21)19(11-12)13-6-5-7-14(9-13)22-4/h5-7,9,12H,8,10-11H2,1-4H3,(H,18,20). The summed E-state index contributed by atoms with van der Waals surface area (Å²) in [6, 6.07) is 7.27. The minimum Gasteiger partial charge on any atom is -0.497 e. The van der Waals surface area contributed by atoms with Crippen molar-refractivity contribution in [1.29, 1.82) is 0 Å². The Kier molecular flexibility index (Phi) is 4.74. The molecule has 0 saturated carbocycles. The molecule has 5 nitrogen and oxygen atoms in total. The normalized spacial score (nSPS) is 18.5. The zero-order valence-electron chi connectivity index (χ0n) is 13.7. The molecule has 1 aromatic rings. The van der Waals surface area contributed by atoms with Gasteiger partial charge in [-0.05, 0) is 17.5 Å². The van der Waals surface area contributed by atoms with Crippen molar-refractivity contribution in [2.24, 2.45) is 5.41 Å². The fourth-order valence-corrected chi connectivity index (χ4v) is 2.59. The lowest BCUT2D eigenvalue weighted by atomic mass is 9.92. The second kappa shape index (κ2) is 6.38. The van der Waals surface area contributed by atoms with Crippen LogP contribution >= 0.6 is 0 Å². The molecule has 0 aliphatic carbocycles. The summed E-state index contributed by atoms with van der Waals surface area (Å²) in [5, 5.41) is 2.96. The highest BCUT2D eigenvalue weighted by Gasteiger charge is 2.32. The summed E-state index contributed by atoms with van der Waals surface area (Å²) < 4.78 is 5.19. The molecule has 1 heterocycles. The first kappa shape index (κ1) is 16.3. The average Bonchev–Trinajstić information content (AvgIpc) is 2.77. The van der Waals surface area contributed by atoms with Crippen molar-refractivity contribution in [3.05, 3.63) is 24.3 Å². The molecular weight excluding hydrogens is 280 g/mol. The van der Waals surface area contributed by atoms with Gasteiger partial charge in [-0.25, -0.2) is 0 Å². The number of hydrogen-bond donors (Lipinski definition) is 1. The molecule has 120 valence electrons. The number of anilines is 1. The first-order valence-corrected chi connectivity index (χ1v) is 7.52. The Labute approximate surface area is 131 Å². The van der Waals surface area contributed by atoms with E-state index in [1.807, 2.05) is 45.0 Å². The van der Waals surface area contributed by atoms with Gasteiger partial charge in [-0.2, -0.15) is 0 Å². The van der Waals surface area contributed by atoms with E-state index in [1.165, 1.54) is 0 Å². The number of methoxy groups -OCH3 is 1. The maximum absolute atomic E-state index is 12.2. The molecule has 1 atom stereocenters. The molecule has 1 saturated heterocycles. The molecule has 0 spiro atoms. The van der Waals surface area contributed by atoms with Crippen molar-refractivity contribution in [2.45, 2.75) is 39.7 Å². The summed E-state index contributed by atoms with van der Waals surface area (Å²) in [5.41, 5.74) is 0.746. The Balaban J connectivity index is 2.00. The zero-order chi connectivity index (χ0) is 16.3. The highest BCUT2D eigenvalue weighted by molar-refractivity contribution is 5.97. The van der Waals surface area contributed by atoms with Gasteiger partial charge in [0.1, 0.15) is 5.75 Å². The molecule has 2 rings (SSSR count). The van der Waals surface area contributed by atoms with Crippen molar-refractivity contribution in [1.82, 2.24) is 5.32 Å². The van der Waals surface area contributed by atoms with Gasteiger partial charge in [0.15, 0.2) is 0 Å². The van der Waals surface area contributed by atoms with Gasteiger partial charge in [-0.1, -0.05) is 26.8 Å². The van der Waals surface area contributed by atoms with Crippen molar-refractivity contribution in [3.8, 4) is 5.75 Å². The largest absolute Gasteiger partial charge is 0.497 e. The summed E-state index contributed by atoms with van der Waals surface area (Å²) in [6.07, 6.45) is 0.796. The Bertz CT molecular complexity index is 563. The number of nitrogens with zero attached hydrogens (tertiary/aromatic N) is 1. The molecule has 1 aliphatic heterocycles. The Hall–Kier alpha value is -2.04. The molecule has 1 aliphatic rings. The smallest absolute Gasteiger partial charge is 0.229 e. The fraction of sp³-hybridized carbons (Fsp3) is 0.529. The number of benzene rings is 1. The number of rotatable bonds is 4. The molecule has 0 radical (unpaired) electrons. The maximum atomic E-state index is 12.2. The third kappa shape index (κ3) is 4.23. The molecule has 1 unspecified atom stereocenters. The van der Waals surface area contributed by atoms with E-state index in [2.05, 4.69) is 5.32 Å². The van der Waals surface area contributed by atoms with Gasteiger partial charge in [0.05, 0.1) is 13.2 Å². The van der Waals surface area contributed by atoms with Gasteiger partial charge in [0.25, 0.3) is 0 Å². The first-order chi connectivity index (χ1) is 10.3. The Morgan fingerprint density at radius 1 is 1.41 bits per heavy atom. The van der Waals surface area contributed by atoms with Crippen LogP contribution in [0.4, 0.5) is 5.69 Å². The summed E-state index contributed by atoms with van der Waals surface area (Å²) in [4.78, 5) is 25.9. The second-order valence-corrected chi connectivity index (χ2v) is 6.91. The molecule has 22 heavy (non-hydrogen) atoms. The van der Waals surface area contributed by atoms with Gasteiger partial charge in [0, 0.05) is 31.1 Å². The molecule has 1 N–H and O–H groups in total. The zero-order valence-corrected chi connectivity index (χ0v) is 13.7. The predicted octanol–water partition coefficient (Wildman–Crippen LogP) is 2.35. The third-order valence-electron chi connectivity index (χ3n) is 3.55. The lowest BCUT2D eigenvalue weighted by molar-refractivity contribution is -0.123. The van der Waals surface area contributed by atoms with Crippen LogP contribution in [0.15, 0.2) is 24.3 Å². The van der Waals surface area contributed by atoms with Crippen LogP contribution in [0.1, 0.15) is 33.6 Å². The highest BCUT2D eigenvalue weighted by Crippen LogP contribution is 2.26. The Morgan fingerprint density at radius 3 is 2.77 bits per heavy atom. The molecular formula is C17H24N2O3. The fourth-order valence-electron chi connectivity index (χ4n) is 2.59. The predicted molar refractivity (Wildman–Crippen MR) is 86.0 cm³/mol. The topological polar surface area (TPSA) is 58.6 Å². The molecule has 0 bridgehead atoms. The van der Waals surface area contributed by atoms with Gasteiger partial charge in [0.2, 0.25) is 11.8 Å². The van der Waals surface area contributed by atoms with Crippen LogP contribution in [0.25, 0.3) is 0 Å². The summed E-state index contributed by atoms with van der Waals surface area (Å²) in [7, 11) is 1.60. The minimum atomic E-state index is -0.131. The quantitative estimate of drug-likeness (QED) is 0.929. The van der Waals surface area contributed by atoms with E-state index in [0.717, 1.165) is 5.69 Å². The van der Waals surface area contributed by atoms with Crippen molar-refractivity contribution < 1.29 is 14.3 Å². The van der Waals surface area contributed by atoms with Crippen molar-refractivity contribution >= 4 is 17.5 Å². The number of nitrogens with one attached hydrogen (secondary N) is 1. The van der Waals surface area contributed by atoms with Crippen LogP contribution in [0, 0.1) is 5.41 Å². The summed E-state index contributed by atoms with van der Waals surface area (Å²) in [5.74, 6) is 0.734. The van der Waals surface area contributed by atoms with Gasteiger partial charge >= 0.3 is 0 Å². The van der Waals surface area contributed by atoms with Crippen LogP contribution < -0.4 is 15.0 Å². The number of hydrogen-bond acceptors (Lipinski definition) is 3. The Morgan fingerprint density at radius 2 is 2.14 bits per heavy atom. The maximum Gasteiger partial charge on any atom is 0.229 e. The van der Waals surface area contributed by atoms with Gasteiger partial charge < -0.3 is 15.0 Å². The van der Waals surface area contributed by atoms with E-state index in [9.17, 15) is 9.59 Å². The van der Waals surface area contributed by atoms with Crippen molar-refractivity contribution in [2.75, 3.05) is 18.6 Å². The third-order valence-corrected chi connectivity index (χ3v) is 3.55.